The third-order valence-corrected chi connectivity index (χ3v) is 7.02. The zero-order valence-electron chi connectivity index (χ0n) is 11.3. The molecule has 1 saturated carbocycles. The van der Waals surface area contributed by atoms with Crippen LogP contribution in [0.1, 0.15) is 18.4 Å². The second kappa shape index (κ2) is 5.09. The van der Waals surface area contributed by atoms with Crippen LogP contribution in [-0.2, 0) is 10.0 Å². The first-order valence-electron chi connectivity index (χ1n) is 6.84. The van der Waals surface area contributed by atoms with Gasteiger partial charge in [0.25, 0.3) is 0 Å². The van der Waals surface area contributed by atoms with Crippen LogP contribution in [-0.4, -0.2) is 37.0 Å². The van der Waals surface area contributed by atoms with Crippen LogP contribution in [0.3, 0.4) is 0 Å². The van der Waals surface area contributed by atoms with Crippen molar-refractivity contribution in [1.82, 2.24) is 4.31 Å². The first-order chi connectivity index (χ1) is 9.39. The minimum Gasteiger partial charge on any atom is -0.393 e. The van der Waals surface area contributed by atoms with Crippen LogP contribution in [0, 0.1) is 18.8 Å². The highest BCUT2D eigenvalue weighted by Crippen LogP contribution is 2.40. The Morgan fingerprint density at radius 2 is 2.05 bits per heavy atom. The molecule has 1 saturated heterocycles. The van der Waals surface area contributed by atoms with E-state index in [1.165, 1.54) is 0 Å². The van der Waals surface area contributed by atoms with E-state index in [2.05, 4.69) is 15.9 Å². The fraction of sp³-hybridized carbons (Fsp3) is 0.571. The zero-order valence-corrected chi connectivity index (χ0v) is 13.7. The van der Waals surface area contributed by atoms with Gasteiger partial charge in [-0.2, -0.15) is 4.31 Å². The fourth-order valence-electron chi connectivity index (χ4n) is 3.38. The normalized spacial score (nSPS) is 30.6. The molecule has 6 heteroatoms. The fourth-order valence-corrected chi connectivity index (χ4v) is 5.68. The number of aryl methyl sites for hydroxylation is 1. The third kappa shape index (κ3) is 2.32. The first-order valence-corrected chi connectivity index (χ1v) is 9.07. The smallest absolute Gasteiger partial charge is 0.243 e. The van der Waals surface area contributed by atoms with Crippen molar-refractivity contribution in [2.75, 3.05) is 13.1 Å². The lowest BCUT2D eigenvalue weighted by Gasteiger charge is -2.19. The molecule has 3 rings (SSSR count). The molecule has 2 fully saturated rings. The highest BCUT2D eigenvalue weighted by Gasteiger charge is 2.45. The molecule has 1 aromatic carbocycles. The molecule has 1 aliphatic heterocycles. The van der Waals surface area contributed by atoms with Gasteiger partial charge in [-0.25, -0.2) is 8.42 Å². The van der Waals surface area contributed by atoms with Gasteiger partial charge in [0.15, 0.2) is 0 Å². The molecule has 1 heterocycles. The maximum atomic E-state index is 12.8. The van der Waals surface area contributed by atoms with E-state index in [4.69, 9.17) is 0 Å². The average Bonchev–Trinajstić information content (AvgIpc) is 2.95. The van der Waals surface area contributed by atoms with E-state index in [1.54, 1.807) is 10.4 Å². The summed E-state index contributed by atoms with van der Waals surface area (Å²) in [5.41, 5.74) is 0.755. The van der Waals surface area contributed by atoms with E-state index in [9.17, 15) is 13.5 Å². The number of rotatable bonds is 2. The van der Waals surface area contributed by atoms with E-state index in [0.29, 0.717) is 23.9 Å². The minimum absolute atomic E-state index is 0.109. The lowest BCUT2D eigenvalue weighted by atomic mass is 10.00. The maximum Gasteiger partial charge on any atom is 0.243 e. The molecule has 0 radical (unpaired) electrons. The van der Waals surface area contributed by atoms with Crippen LogP contribution < -0.4 is 0 Å². The number of hydrogen-bond donors (Lipinski definition) is 1. The molecule has 0 spiro atoms. The van der Waals surface area contributed by atoms with Crippen LogP contribution in [0.5, 0.6) is 0 Å². The molecule has 110 valence electrons. The van der Waals surface area contributed by atoms with Gasteiger partial charge in [-0.3, -0.25) is 0 Å². The Labute approximate surface area is 128 Å². The van der Waals surface area contributed by atoms with Gasteiger partial charge in [-0.1, -0.05) is 22.0 Å². The van der Waals surface area contributed by atoms with Crippen molar-refractivity contribution in [1.29, 1.82) is 0 Å². The predicted molar refractivity (Wildman–Crippen MR) is 79.9 cm³/mol. The Bertz CT molecular complexity index is 631. The Kier molecular flexibility index (Phi) is 3.69. The molecular weight excluding hydrogens is 342 g/mol. The summed E-state index contributed by atoms with van der Waals surface area (Å²) < 4.78 is 27.8. The third-order valence-electron chi connectivity index (χ3n) is 4.55. The Morgan fingerprint density at radius 1 is 1.30 bits per heavy atom. The number of halogens is 1. The molecule has 20 heavy (non-hydrogen) atoms. The minimum atomic E-state index is -3.47. The standard InChI is InChI=1S/C14H18BrNO3S/c1-9-2-4-11(15)6-14(9)20(18,19)16-7-10-3-5-13(17)12(10)8-16/h2,4,6,10,12-13,17H,3,5,7-8H2,1H3. The summed E-state index contributed by atoms with van der Waals surface area (Å²) in [5, 5.41) is 9.92. The van der Waals surface area contributed by atoms with Gasteiger partial charge in [-0.05, 0) is 43.4 Å². The summed E-state index contributed by atoms with van der Waals surface area (Å²) in [5.74, 6) is 0.421. The molecule has 0 amide bonds. The van der Waals surface area contributed by atoms with E-state index in [1.807, 2.05) is 19.1 Å². The number of fused-ring (bicyclic) bond motifs is 1. The van der Waals surface area contributed by atoms with Crippen LogP contribution in [0.15, 0.2) is 27.6 Å². The van der Waals surface area contributed by atoms with Crippen molar-refractivity contribution >= 4 is 26.0 Å². The second-order valence-corrected chi connectivity index (χ2v) is 8.62. The number of sulfonamides is 1. The van der Waals surface area contributed by atoms with Crippen molar-refractivity contribution in [2.45, 2.75) is 30.8 Å². The van der Waals surface area contributed by atoms with Crippen LogP contribution >= 0.6 is 15.9 Å². The monoisotopic (exact) mass is 359 g/mol. The highest BCUT2D eigenvalue weighted by atomic mass is 79.9. The van der Waals surface area contributed by atoms with Crippen LogP contribution in [0.2, 0.25) is 0 Å². The molecule has 2 aliphatic rings. The lowest BCUT2D eigenvalue weighted by molar-refractivity contribution is 0.129. The van der Waals surface area contributed by atoms with Crippen molar-refractivity contribution in [2.24, 2.45) is 11.8 Å². The molecule has 0 aromatic heterocycles. The van der Waals surface area contributed by atoms with E-state index >= 15 is 0 Å². The van der Waals surface area contributed by atoms with Crippen molar-refractivity contribution < 1.29 is 13.5 Å². The Morgan fingerprint density at radius 3 is 2.75 bits per heavy atom. The van der Waals surface area contributed by atoms with Gasteiger partial charge in [0.05, 0.1) is 11.0 Å². The van der Waals surface area contributed by atoms with Gasteiger partial charge >= 0.3 is 0 Å². The average molecular weight is 360 g/mol. The van der Waals surface area contributed by atoms with Gasteiger partial charge in [-0.15, -0.1) is 0 Å². The van der Waals surface area contributed by atoms with E-state index in [-0.39, 0.29) is 12.0 Å². The highest BCUT2D eigenvalue weighted by molar-refractivity contribution is 9.10. The zero-order chi connectivity index (χ0) is 14.5. The molecule has 0 bridgehead atoms. The second-order valence-electron chi connectivity index (χ2n) is 5.80. The molecule has 1 aliphatic carbocycles. The molecule has 4 nitrogen and oxygen atoms in total. The Hall–Kier alpha value is -0.430. The van der Waals surface area contributed by atoms with E-state index in [0.717, 1.165) is 22.9 Å². The number of aliphatic hydroxyl groups is 1. The van der Waals surface area contributed by atoms with Crippen LogP contribution in [0.4, 0.5) is 0 Å². The topological polar surface area (TPSA) is 57.6 Å². The SMILES string of the molecule is Cc1ccc(Br)cc1S(=O)(=O)N1CC2CCC(O)C2C1. The van der Waals surface area contributed by atoms with Gasteiger partial charge in [0.2, 0.25) is 10.0 Å². The molecule has 3 atom stereocenters. The lowest BCUT2D eigenvalue weighted by Crippen LogP contribution is -2.31. The predicted octanol–water partition coefficient (Wildman–Crippen LogP) is 2.15. The molecule has 1 aromatic rings. The first kappa shape index (κ1) is 14.5. The molecule has 3 unspecified atom stereocenters. The number of nitrogens with zero attached hydrogens (tertiary/aromatic N) is 1. The summed E-state index contributed by atoms with van der Waals surface area (Å²) in [6, 6.07) is 5.31. The van der Waals surface area contributed by atoms with Crippen LogP contribution in [0.25, 0.3) is 0 Å². The van der Waals surface area contributed by atoms with Gasteiger partial charge < -0.3 is 5.11 Å². The Balaban J connectivity index is 1.92. The van der Waals surface area contributed by atoms with Gasteiger partial charge in [0.1, 0.15) is 0 Å². The van der Waals surface area contributed by atoms with Crippen molar-refractivity contribution in [3.63, 3.8) is 0 Å². The molecular formula is C14H18BrNO3S. The van der Waals surface area contributed by atoms with Gasteiger partial charge in [0, 0.05) is 23.5 Å². The summed E-state index contributed by atoms with van der Waals surface area (Å²) in [6.45, 7) is 2.79. The quantitative estimate of drug-likeness (QED) is 0.879. The number of hydrogen-bond acceptors (Lipinski definition) is 3. The summed E-state index contributed by atoms with van der Waals surface area (Å²) in [4.78, 5) is 0.362. The molecule has 1 N–H and O–H groups in total. The van der Waals surface area contributed by atoms with Crippen molar-refractivity contribution in [3.05, 3.63) is 28.2 Å². The number of aliphatic hydroxyl groups excluding tert-OH is 1. The van der Waals surface area contributed by atoms with Crippen molar-refractivity contribution in [3.8, 4) is 0 Å². The summed E-state index contributed by atoms with van der Waals surface area (Å²) in [7, 11) is -3.47. The summed E-state index contributed by atoms with van der Waals surface area (Å²) in [6.07, 6.45) is 1.39. The maximum absolute atomic E-state index is 12.8. The number of benzene rings is 1. The largest absolute Gasteiger partial charge is 0.393 e. The van der Waals surface area contributed by atoms with E-state index < -0.39 is 10.0 Å². The summed E-state index contributed by atoms with van der Waals surface area (Å²) >= 11 is 3.33.